The number of hydrogen-bond donors (Lipinski definition) is 0. The van der Waals surface area contributed by atoms with Crippen molar-refractivity contribution in [3.05, 3.63) is 95.2 Å². The lowest BCUT2D eigenvalue weighted by molar-refractivity contribution is -0.673. The topological polar surface area (TPSA) is 144 Å². The molecule has 0 radical (unpaired) electrons. The second kappa shape index (κ2) is 13.1. The van der Waals surface area contributed by atoms with Gasteiger partial charge in [-0.25, -0.2) is 16.8 Å². The maximum absolute atomic E-state index is 11.6. The summed E-state index contributed by atoms with van der Waals surface area (Å²) in [7, 11) is -8.82. The maximum atomic E-state index is 11.6. The number of nitrogens with zero attached hydrogens (tertiary/aromatic N) is 2. The molecule has 3 aromatic carbocycles. The first-order chi connectivity index (χ1) is 20.9. The fourth-order valence-electron chi connectivity index (χ4n) is 4.98. The van der Waals surface area contributed by atoms with Crippen LogP contribution in [0, 0.1) is 0 Å². The molecule has 232 valence electrons. The molecule has 44 heavy (non-hydrogen) atoms. The predicted molar refractivity (Wildman–Crippen MR) is 166 cm³/mol. The van der Waals surface area contributed by atoms with Crippen LogP contribution in [0.2, 0.25) is 5.02 Å². The van der Waals surface area contributed by atoms with Crippen molar-refractivity contribution in [1.29, 1.82) is 0 Å². The number of ether oxygens (including phenoxy) is 1. The molecule has 0 amide bonds. The number of benzene rings is 3. The lowest BCUT2D eigenvalue weighted by Gasteiger charge is -2.19. The Kier molecular flexibility index (Phi) is 9.47. The lowest BCUT2D eigenvalue weighted by atomic mass is 10.1. The summed E-state index contributed by atoms with van der Waals surface area (Å²) in [6, 6.07) is 20.5. The molecule has 10 nitrogen and oxygen atoms in total. The van der Waals surface area contributed by atoms with E-state index >= 15 is 0 Å². The number of halogens is 1. The Morgan fingerprint density at radius 1 is 0.932 bits per heavy atom. The second-order valence-electron chi connectivity index (χ2n) is 10.3. The van der Waals surface area contributed by atoms with E-state index in [1.54, 1.807) is 28.8 Å². The highest BCUT2D eigenvalue weighted by molar-refractivity contribution is 7.85. The lowest BCUT2D eigenvalue weighted by Crippen LogP contribution is -2.38. The number of oxazole rings is 1. The number of anilines is 1. The summed E-state index contributed by atoms with van der Waals surface area (Å²) in [5, 5.41) is 0.499. The minimum absolute atomic E-state index is 0.105. The van der Waals surface area contributed by atoms with E-state index in [9.17, 15) is 25.9 Å². The zero-order valence-corrected chi connectivity index (χ0v) is 26.2. The third-order valence-electron chi connectivity index (χ3n) is 7.15. The molecule has 0 saturated carbocycles. The molecular weight excluding hydrogens is 628 g/mol. The number of allylic oxidation sites excluding steroid dienone is 2. The summed E-state index contributed by atoms with van der Waals surface area (Å²) in [5.74, 6) is 0.322. The van der Waals surface area contributed by atoms with Crippen LogP contribution in [0.15, 0.2) is 88.7 Å². The number of hydrogen-bond acceptors (Lipinski definition) is 9. The molecule has 0 bridgehead atoms. The van der Waals surface area contributed by atoms with Gasteiger partial charge in [0.05, 0.1) is 27.6 Å². The Morgan fingerprint density at radius 3 is 2.39 bits per heavy atom. The van der Waals surface area contributed by atoms with Gasteiger partial charge in [-0.1, -0.05) is 54.9 Å². The minimum Gasteiger partial charge on any atom is -0.748 e. The number of aryl methyl sites for hydroxylation is 1. The number of unbranched alkanes of at least 4 members (excludes halogenated alkanes) is 1. The third-order valence-corrected chi connectivity index (χ3v) is 8.85. The van der Waals surface area contributed by atoms with Crippen LogP contribution in [-0.4, -0.2) is 44.0 Å². The SMILES string of the molecule is CCC(/C=C1\Oc2ccc(Cl)cc2N1CCCCS(=O)(=O)[O-])=C\c1oc2ccc(-c3ccccc3)cc2[n+]1CCS(=O)(=O)[O-]. The predicted octanol–water partition coefficient (Wildman–Crippen LogP) is 5.45. The van der Waals surface area contributed by atoms with E-state index < -0.39 is 31.7 Å². The fourth-order valence-corrected chi connectivity index (χ4v) is 6.11. The van der Waals surface area contributed by atoms with Crippen molar-refractivity contribution in [3.8, 4) is 16.9 Å². The van der Waals surface area contributed by atoms with Gasteiger partial charge in [0.2, 0.25) is 11.5 Å². The first-order valence-corrected chi connectivity index (χ1v) is 17.5. The van der Waals surface area contributed by atoms with Crippen molar-refractivity contribution >= 4 is 54.7 Å². The molecule has 2 heterocycles. The molecule has 0 atom stereocenters. The summed E-state index contributed by atoms with van der Waals surface area (Å²) < 4.78 is 82.0. The van der Waals surface area contributed by atoms with Gasteiger partial charge in [-0.2, -0.15) is 4.57 Å². The standard InChI is InChI=1S/C31H31ClN2O8S2/c1-2-22(18-30-33(14-6-7-16-43(35,36)37)27-21-25(32)11-13-29(27)42-30)19-31-34(15-17-44(38,39)40)26-20-24(10-12-28(26)41-31)23-8-4-3-5-9-23/h3-5,8-13,18-21H,2,6-7,14-17H2,1H3,(H-,35,36,37,38,39,40)/p-1. The monoisotopic (exact) mass is 657 g/mol. The van der Waals surface area contributed by atoms with Crippen LogP contribution in [0.4, 0.5) is 5.69 Å². The average molecular weight is 658 g/mol. The highest BCUT2D eigenvalue weighted by Crippen LogP contribution is 2.41. The maximum Gasteiger partial charge on any atom is 0.374 e. The van der Waals surface area contributed by atoms with E-state index in [1.165, 1.54) is 0 Å². The summed E-state index contributed by atoms with van der Waals surface area (Å²) >= 11 is 6.25. The molecule has 0 spiro atoms. The molecule has 0 saturated heterocycles. The van der Waals surface area contributed by atoms with Gasteiger partial charge >= 0.3 is 5.89 Å². The Hall–Kier alpha value is -3.68. The van der Waals surface area contributed by atoms with Gasteiger partial charge in [-0.05, 0) is 60.2 Å². The Morgan fingerprint density at radius 2 is 1.68 bits per heavy atom. The van der Waals surface area contributed by atoms with Crippen LogP contribution in [0.5, 0.6) is 5.75 Å². The van der Waals surface area contributed by atoms with E-state index in [4.69, 9.17) is 20.8 Å². The van der Waals surface area contributed by atoms with E-state index in [-0.39, 0.29) is 13.0 Å². The zero-order chi connectivity index (χ0) is 31.5. The van der Waals surface area contributed by atoms with Gasteiger partial charge in [0.25, 0.3) is 5.52 Å². The Bertz CT molecular complexity index is 1950. The quantitative estimate of drug-likeness (QED) is 0.110. The van der Waals surface area contributed by atoms with E-state index in [0.29, 0.717) is 58.7 Å². The third kappa shape index (κ3) is 7.88. The Balaban J connectivity index is 1.53. The van der Waals surface area contributed by atoms with E-state index in [1.807, 2.05) is 66.4 Å². The molecule has 13 heteroatoms. The van der Waals surface area contributed by atoms with Gasteiger partial charge in [0, 0.05) is 29.5 Å². The van der Waals surface area contributed by atoms with Crippen LogP contribution >= 0.6 is 11.6 Å². The highest BCUT2D eigenvalue weighted by Gasteiger charge is 2.27. The van der Waals surface area contributed by atoms with Gasteiger partial charge in [-0.3, -0.25) is 0 Å². The smallest absolute Gasteiger partial charge is 0.374 e. The van der Waals surface area contributed by atoms with E-state index in [0.717, 1.165) is 16.7 Å². The molecule has 1 aliphatic rings. The number of fused-ring (bicyclic) bond motifs is 2. The Labute approximate surface area is 261 Å². The first-order valence-electron chi connectivity index (χ1n) is 14.0. The largest absolute Gasteiger partial charge is 0.748 e. The highest BCUT2D eigenvalue weighted by atomic mass is 35.5. The van der Waals surface area contributed by atoms with Gasteiger partial charge < -0.3 is 23.2 Å². The molecule has 1 aliphatic heterocycles. The van der Waals surface area contributed by atoms with Crippen molar-refractivity contribution in [2.45, 2.75) is 32.7 Å². The molecule has 0 fully saturated rings. The summed E-state index contributed by atoms with van der Waals surface area (Å²) in [4.78, 5) is 1.87. The van der Waals surface area contributed by atoms with Crippen LogP contribution in [-0.2, 0) is 26.8 Å². The summed E-state index contributed by atoms with van der Waals surface area (Å²) in [5.41, 5.74) is 4.52. The van der Waals surface area contributed by atoms with Crippen molar-refractivity contribution in [2.75, 3.05) is 23.0 Å². The minimum atomic E-state index is -4.50. The molecule has 4 aromatic rings. The van der Waals surface area contributed by atoms with Gasteiger partial charge in [0.15, 0.2) is 12.3 Å². The van der Waals surface area contributed by atoms with Crippen LogP contribution in [0.1, 0.15) is 32.1 Å². The summed E-state index contributed by atoms with van der Waals surface area (Å²) in [6.45, 7) is 2.21. The van der Waals surface area contributed by atoms with Crippen LogP contribution in [0.3, 0.4) is 0 Å². The van der Waals surface area contributed by atoms with Crippen molar-refractivity contribution in [1.82, 2.24) is 0 Å². The van der Waals surface area contributed by atoms with Crippen molar-refractivity contribution < 1.29 is 39.7 Å². The zero-order valence-electron chi connectivity index (χ0n) is 23.8. The van der Waals surface area contributed by atoms with Crippen LogP contribution < -0.4 is 14.2 Å². The molecule has 5 rings (SSSR count). The van der Waals surface area contributed by atoms with Crippen molar-refractivity contribution in [2.24, 2.45) is 0 Å². The summed E-state index contributed by atoms with van der Waals surface area (Å²) in [6.07, 6.45) is 4.73. The molecule has 0 unspecified atom stereocenters. The normalized spacial score (nSPS) is 14.8. The first kappa shape index (κ1) is 31.7. The number of rotatable bonds is 12. The molecule has 0 aliphatic carbocycles. The number of aromatic nitrogens is 1. The molecular formula is C31H30ClN2O8S2-. The second-order valence-corrected chi connectivity index (χ2v) is 13.8. The van der Waals surface area contributed by atoms with E-state index in [2.05, 4.69) is 0 Å². The van der Waals surface area contributed by atoms with Gasteiger partial charge in [0.1, 0.15) is 10.1 Å². The fraction of sp³-hybridized carbons (Fsp3) is 0.258. The average Bonchev–Trinajstić information content (AvgIpc) is 3.49. The molecule has 0 N–H and O–H groups in total. The van der Waals surface area contributed by atoms with Crippen LogP contribution in [0.25, 0.3) is 28.3 Å². The molecule has 1 aromatic heterocycles. The van der Waals surface area contributed by atoms with Gasteiger partial charge in [-0.15, -0.1) is 0 Å². The van der Waals surface area contributed by atoms with Crippen molar-refractivity contribution in [3.63, 3.8) is 0 Å².